The molecule has 0 heterocycles. The largest absolute Gasteiger partial charge is 0.376 e. The molecule has 1 aromatic carbocycles. The first kappa shape index (κ1) is 11.4. The molecule has 4 nitrogen and oxygen atoms in total. The van der Waals surface area contributed by atoms with Gasteiger partial charge in [-0.25, -0.2) is 0 Å². The van der Waals surface area contributed by atoms with Gasteiger partial charge in [0.05, 0.1) is 11.0 Å². The molecule has 0 saturated carbocycles. The molecule has 0 N–H and O–H groups in total. The van der Waals surface area contributed by atoms with Gasteiger partial charge in [-0.2, -0.15) is 0 Å². The SMILES string of the molecule is C=CC[C@H](OC)c1cccc([N+](=O)[O-])c1. The average Bonchev–Trinajstić information content (AvgIpc) is 2.26. The maximum atomic E-state index is 10.6. The van der Waals surface area contributed by atoms with Gasteiger partial charge >= 0.3 is 0 Å². The van der Waals surface area contributed by atoms with E-state index in [0.717, 1.165) is 5.56 Å². The number of benzene rings is 1. The zero-order chi connectivity index (χ0) is 11.3. The molecule has 80 valence electrons. The number of nitro benzene ring substituents is 1. The lowest BCUT2D eigenvalue weighted by Gasteiger charge is -2.12. The standard InChI is InChI=1S/C11H13NO3/c1-3-5-11(15-2)9-6-4-7-10(8-9)12(13)14/h3-4,6-8,11H,1,5H2,2H3/t11-/m0/s1. The first-order valence-electron chi connectivity index (χ1n) is 4.57. The predicted octanol–water partition coefficient (Wildman–Crippen LogP) is 2.86. The lowest BCUT2D eigenvalue weighted by molar-refractivity contribution is -0.385. The van der Waals surface area contributed by atoms with E-state index >= 15 is 0 Å². The summed E-state index contributed by atoms with van der Waals surface area (Å²) >= 11 is 0. The van der Waals surface area contributed by atoms with Crippen molar-refractivity contribution < 1.29 is 9.66 Å². The first-order valence-corrected chi connectivity index (χ1v) is 4.57. The van der Waals surface area contributed by atoms with Crippen LogP contribution in [0.15, 0.2) is 36.9 Å². The van der Waals surface area contributed by atoms with Crippen LogP contribution in [0.5, 0.6) is 0 Å². The van der Waals surface area contributed by atoms with Gasteiger partial charge in [0.15, 0.2) is 0 Å². The molecule has 0 fully saturated rings. The third-order valence-corrected chi connectivity index (χ3v) is 2.12. The van der Waals surface area contributed by atoms with Crippen LogP contribution in [0, 0.1) is 10.1 Å². The molecular formula is C11H13NO3. The second-order valence-electron chi connectivity index (χ2n) is 3.10. The van der Waals surface area contributed by atoms with Crippen LogP contribution in [0.1, 0.15) is 18.1 Å². The van der Waals surface area contributed by atoms with Crippen molar-refractivity contribution in [3.05, 3.63) is 52.6 Å². The normalized spacial score (nSPS) is 12.1. The summed E-state index contributed by atoms with van der Waals surface area (Å²) in [7, 11) is 1.58. The first-order chi connectivity index (χ1) is 7.19. The number of non-ortho nitro benzene ring substituents is 1. The Morgan fingerprint density at radius 1 is 1.67 bits per heavy atom. The molecule has 0 aliphatic rings. The van der Waals surface area contributed by atoms with Crippen molar-refractivity contribution in [2.24, 2.45) is 0 Å². The number of hydrogen-bond donors (Lipinski definition) is 0. The molecule has 1 atom stereocenters. The Labute approximate surface area is 88.3 Å². The molecule has 0 saturated heterocycles. The topological polar surface area (TPSA) is 52.4 Å². The average molecular weight is 207 g/mol. The van der Waals surface area contributed by atoms with Gasteiger partial charge in [-0.1, -0.05) is 18.2 Å². The smallest absolute Gasteiger partial charge is 0.269 e. The number of hydrogen-bond acceptors (Lipinski definition) is 3. The molecule has 0 amide bonds. The van der Waals surface area contributed by atoms with Crippen molar-refractivity contribution >= 4 is 5.69 Å². The summed E-state index contributed by atoms with van der Waals surface area (Å²) in [6, 6.07) is 6.45. The van der Waals surface area contributed by atoms with Crippen LogP contribution in [-0.4, -0.2) is 12.0 Å². The molecule has 0 aromatic heterocycles. The van der Waals surface area contributed by atoms with E-state index in [4.69, 9.17) is 4.74 Å². The van der Waals surface area contributed by atoms with E-state index in [2.05, 4.69) is 6.58 Å². The van der Waals surface area contributed by atoms with E-state index < -0.39 is 4.92 Å². The van der Waals surface area contributed by atoms with Crippen LogP contribution in [0.2, 0.25) is 0 Å². The molecule has 0 spiro atoms. The minimum atomic E-state index is -0.413. The number of nitrogens with zero attached hydrogens (tertiary/aromatic N) is 1. The zero-order valence-electron chi connectivity index (χ0n) is 8.55. The second kappa shape index (κ2) is 5.26. The summed E-state index contributed by atoms with van der Waals surface area (Å²) in [5.41, 5.74) is 0.880. The molecule has 0 radical (unpaired) electrons. The van der Waals surface area contributed by atoms with Crippen LogP contribution < -0.4 is 0 Å². The fourth-order valence-corrected chi connectivity index (χ4v) is 1.36. The molecule has 0 aliphatic heterocycles. The Kier molecular flexibility index (Phi) is 4.00. The van der Waals surface area contributed by atoms with Gasteiger partial charge < -0.3 is 4.74 Å². The fourth-order valence-electron chi connectivity index (χ4n) is 1.36. The van der Waals surface area contributed by atoms with Crippen LogP contribution in [0.4, 0.5) is 5.69 Å². The Hall–Kier alpha value is -1.68. The maximum absolute atomic E-state index is 10.6. The Morgan fingerprint density at radius 2 is 2.40 bits per heavy atom. The highest BCUT2D eigenvalue weighted by molar-refractivity contribution is 5.35. The highest BCUT2D eigenvalue weighted by Crippen LogP contribution is 2.24. The van der Waals surface area contributed by atoms with E-state index in [1.54, 1.807) is 19.3 Å². The molecule has 0 unspecified atom stereocenters. The summed E-state index contributed by atoms with van der Waals surface area (Å²) < 4.78 is 5.22. The molecule has 0 aliphatic carbocycles. The van der Waals surface area contributed by atoms with Crippen LogP contribution in [0.3, 0.4) is 0 Å². The van der Waals surface area contributed by atoms with E-state index in [1.165, 1.54) is 12.1 Å². The maximum Gasteiger partial charge on any atom is 0.269 e. The molecule has 4 heteroatoms. The summed E-state index contributed by atoms with van der Waals surface area (Å²) in [5.74, 6) is 0. The number of nitro groups is 1. The minimum absolute atomic E-state index is 0.0820. The highest BCUT2D eigenvalue weighted by atomic mass is 16.6. The quantitative estimate of drug-likeness (QED) is 0.423. The lowest BCUT2D eigenvalue weighted by atomic mass is 10.1. The Bertz CT molecular complexity index is 363. The third kappa shape index (κ3) is 2.89. The molecule has 1 aromatic rings. The van der Waals surface area contributed by atoms with Crippen LogP contribution >= 0.6 is 0 Å². The number of methoxy groups -OCH3 is 1. The summed E-state index contributed by atoms with van der Waals surface area (Å²) in [5, 5.41) is 10.6. The monoisotopic (exact) mass is 207 g/mol. The Balaban J connectivity index is 2.97. The lowest BCUT2D eigenvalue weighted by Crippen LogP contribution is -2.00. The summed E-state index contributed by atoms with van der Waals surface area (Å²) in [4.78, 5) is 10.2. The van der Waals surface area contributed by atoms with Gasteiger partial charge in [-0.05, 0) is 12.0 Å². The predicted molar refractivity (Wildman–Crippen MR) is 57.7 cm³/mol. The Morgan fingerprint density at radius 3 is 2.93 bits per heavy atom. The summed E-state index contributed by atoms with van der Waals surface area (Å²) in [6.07, 6.45) is 2.20. The van der Waals surface area contributed by atoms with Gasteiger partial charge in [-0.15, -0.1) is 6.58 Å². The fraction of sp³-hybridized carbons (Fsp3) is 0.273. The molecule has 0 bridgehead atoms. The summed E-state index contributed by atoms with van der Waals surface area (Å²) in [6.45, 7) is 3.62. The number of ether oxygens (including phenoxy) is 1. The van der Waals surface area contributed by atoms with E-state index in [9.17, 15) is 10.1 Å². The van der Waals surface area contributed by atoms with Gasteiger partial charge in [0.1, 0.15) is 0 Å². The van der Waals surface area contributed by atoms with E-state index in [1.807, 2.05) is 6.07 Å². The van der Waals surface area contributed by atoms with Gasteiger partial charge in [0.25, 0.3) is 5.69 Å². The highest BCUT2D eigenvalue weighted by Gasteiger charge is 2.12. The van der Waals surface area contributed by atoms with E-state index in [0.29, 0.717) is 6.42 Å². The van der Waals surface area contributed by atoms with Crippen molar-refractivity contribution in [3.63, 3.8) is 0 Å². The van der Waals surface area contributed by atoms with Gasteiger partial charge in [0, 0.05) is 19.2 Å². The van der Waals surface area contributed by atoms with Gasteiger partial charge in [0.2, 0.25) is 0 Å². The van der Waals surface area contributed by atoms with Crippen LogP contribution in [-0.2, 0) is 4.74 Å². The minimum Gasteiger partial charge on any atom is -0.376 e. The van der Waals surface area contributed by atoms with Crippen molar-refractivity contribution in [3.8, 4) is 0 Å². The second-order valence-corrected chi connectivity index (χ2v) is 3.10. The molecule has 15 heavy (non-hydrogen) atoms. The molecular weight excluding hydrogens is 194 g/mol. The van der Waals surface area contributed by atoms with Crippen molar-refractivity contribution in [2.45, 2.75) is 12.5 Å². The van der Waals surface area contributed by atoms with Crippen molar-refractivity contribution in [1.82, 2.24) is 0 Å². The van der Waals surface area contributed by atoms with E-state index in [-0.39, 0.29) is 11.8 Å². The van der Waals surface area contributed by atoms with Crippen molar-refractivity contribution in [2.75, 3.05) is 7.11 Å². The van der Waals surface area contributed by atoms with Crippen molar-refractivity contribution in [1.29, 1.82) is 0 Å². The zero-order valence-corrected chi connectivity index (χ0v) is 8.55. The van der Waals surface area contributed by atoms with Gasteiger partial charge in [-0.3, -0.25) is 10.1 Å². The number of rotatable bonds is 5. The van der Waals surface area contributed by atoms with Crippen LogP contribution in [0.25, 0.3) is 0 Å². The third-order valence-electron chi connectivity index (χ3n) is 2.12. The molecule has 1 rings (SSSR count).